The van der Waals surface area contributed by atoms with Crippen molar-refractivity contribution in [3.05, 3.63) is 30.3 Å². The molecule has 0 aliphatic heterocycles. The lowest BCUT2D eigenvalue weighted by Crippen LogP contribution is -2.34. The summed E-state index contributed by atoms with van der Waals surface area (Å²) in [6.45, 7) is 1.98. The van der Waals surface area contributed by atoms with Gasteiger partial charge in [0.15, 0.2) is 0 Å². The van der Waals surface area contributed by atoms with E-state index in [1.54, 1.807) is 31.2 Å². The van der Waals surface area contributed by atoms with Crippen molar-refractivity contribution in [3.63, 3.8) is 0 Å². The fourth-order valence-electron chi connectivity index (χ4n) is 2.69. The Morgan fingerprint density at radius 1 is 1.35 bits per heavy atom. The maximum Gasteiger partial charge on any atom is 0.260 e. The Balaban J connectivity index is 2.32. The van der Waals surface area contributed by atoms with Gasteiger partial charge in [-0.2, -0.15) is 0 Å². The number of ketones is 1. The number of carbonyl (C=O) groups is 1. The zero-order valence-corrected chi connectivity index (χ0v) is 12.6. The van der Waals surface area contributed by atoms with Crippen LogP contribution in [0.1, 0.15) is 32.6 Å². The molecule has 0 bridgehead atoms. The lowest BCUT2D eigenvalue weighted by atomic mass is 9.88. The van der Waals surface area contributed by atoms with Crippen LogP contribution in [-0.4, -0.2) is 23.3 Å². The molecule has 1 aromatic rings. The zero-order valence-electron chi connectivity index (χ0n) is 11.7. The van der Waals surface area contributed by atoms with Crippen molar-refractivity contribution in [1.82, 2.24) is 0 Å². The number of Topliss-reactive ketones (excluding diaryl/α,β-unsaturated/α-hetero) is 1. The quantitative estimate of drug-likeness (QED) is 0.849. The van der Waals surface area contributed by atoms with Crippen LogP contribution >= 0.6 is 7.37 Å². The molecule has 1 aliphatic rings. The predicted octanol–water partition coefficient (Wildman–Crippen LogP) is 2.70. The molecule has 3 atom stereocenters. The van der Waals surface area contributed by atoms with Crippen LogP contribution in [0.15, 0.2) is 30.3 Å². The van der Waals surface area contributed by atoms with Crippen LogP contribution in [0, 0.1) is 5.92 Å². The summed E-state index contributed by atoms with van der Waals surface area (Å²) >= 11 is 0. The Morgan fingerprint density at radius 2 is 2.05 bits per heavy atom. The largest absolute Gasteiger partial charge is 0.382 e. The molecule has 0 aromatic heterocycles. The molecule has 0 spiro atoms. The molecule has 1 fully saturated rings. The minimum atomic E-state index is -3.43. The molecule has 4 nitrogen and oxygen atoms in total. The molecular formula is C15H21O4P. The highest BCUT2D eigenvalue weighted by atomic mass is 31.2. The van der Waals surface area contributed by atoms with Gasteiger partial charge in [0, 0.05) is 11.7 Å². The van der Waals surface area contributed by atoms with Crippen LogP contribution in [0.5, 0.6) is 0 Å². The molecule has 110 valence electrons. The molecule has 0 unspecified atom stereocenters. The molecule has 1 aromatic carbocycles. The van der Waals surface area contributed by atoms with Gasteiger partial charge < -0.3 is 9.63 Å². The first-order chi connectivity index (χ1) is 9.59. The Hall–Kier alpha value is -0.960. The Bertz CT molecular complexity index is 500. The summed E-state index contributed by atoms with van der Waals surface area (Å²) in [4.78, 5) is 12.0. The molecule has 1 N–H and O–H groups in total. The summed E-state index contributed by atoms with van der Waals surface area (Å²) in [7, 11) is -3.43. The van der Waals surface area contributed by atoms with E-state index in [9.17, 15) is 14.5 Å². The van der Waals surface area contributed by atoms with Crippen molar-refractivity contribution < 1.29 is 19.0 Å². The van der Waals surface area contributed by atoms with Gasteiger partial charge in [0.05, 0.1) is 12.5 Å². The van der Waals surface area contributed by atoms with E-state index >= 15 is 0 Å². The normalized spacial score (nSPS) is 24.1. The Labute approximate surface area is 119 Å². The fraction of sp³-hybridized carbons (Fsp3) is 0.533. The van der Waals surface area contributed by atoms with Gasteiger partial charge in [0.1, 0.15) is 11.6 Å². The smallest absolute Gasteiger partial charge is 0.260 e. The van der Waals surface area contributed by atoms with E-state index in [2.05, 4.69) is 0 Å². The summed E-state index contributed by atoms with van der Waals surface area (Å²) in [5, 5.41) is 11.0. The highest BCUT2D eigenvalue weighted by molar-refractivity contribution is 7.67. The second-order valence-corrected chi connectivity index (χ2v) is 7.58. The second-order valence-electron chi connectivity index (χ2n) is 5.08. The molecule has 0 heterocycles. The molecule has 0 amide bonds. The second kappa shape index (κ2) is 6.66. The van der Waals surface area contributed by atoms with Gasteiger partial charge in [-0.25, -0.2) is 0 Å². The number of aliphatic hydroxyl groups excluding tert-OH is 1. The van der Waals surface area contributed by atoms with Gasteiger partial charge in [-0.1, -0.05) is 24.6 Å². The third-order valence-corrected chi connectivity index (χ3v) is 6.46. The molecule has 0 saturated heterocycles. The van der Waals surface area contributed by atoms with E-state index < -0.39 is 19.1 Å². The van der Waals surface area contributed by atoms with Crippen molar-refractivity contribution in [2.75, 3.05) is 6.61 Å². The number of benzene rings is 1. The lowest BCUT2D eigenvalue weighted by Gasteiger charge is -2.31. The number of hydrogen-bond donors (Lipinski definition) is 1. The van der Waals surface area contributed by atoms with Crippen LogP contribution in [0.25, 0.3) is 0 Å². The van der Waals surface area contributed by atoms with E-state index in [0.717, 1.165) is 12.8 Å². The van der Waals surface area contributed by atoms with Crippen molar-refractivity contribution in [2.45, 2.75) is 38.5 Å². The first kappa shape index (κ1) is 15.4. The van der Waals surface area contributed by atoms with Crippen LogP contribution < -0.4 is 5.30 Å². The Kier molecular flexibility index (Phi) is 5.14. The van der Waals surface area contributed by atoms with E-state index in [1.165, 1.54) is 0 Å². The molecule has 1 saturated carbocycles. The summed E-state index contributed by atoms with van der Waals surface area (Å²) in [6, 6.07) is 8.71. The summed E-state index contributed by atoms with van der Waals surface area (Å²) in [5.41, 5.74) is 0. The summed E-state index contributed by atoms with van der Waals surface area (Å²) in [5.74, 6) is -1.81. The van der Waals surface area contributed by atoms with Gasteiger partial charge >= 0.3 is 0 Å². The molecule has 2 rings (SSSR count). The number of rotatable bonds is 5. The van der Waals surface area contributed by atoms with E-state index in [0.29, 0.717) is 18.1 Å². The lowest BCUT2D eigenvalue weighted by molar-refractivity contribution is -0.126. The van der Waals surface area contributed by atoms with Crippen LogP contribution in [0.4, 0.5) is 0 Å². The first-order valence-electron chi connectivity index (χ1n) is 7.10. The highest BCUT2D eigenvalue weighted by Crippen LogP contribution is 2.53. The van der Waals surface area contributed by atoms with Gasteiger partial charge in [0.25, 0.3) is 7.37 Å². The average Bonchev–Trinajstić information content (AvgIpc) is 2.48. The van der Waals surface area contributed by atoms with E-state index in [-0.39, 0.29) is 12.4 Å². The third-order valence-electron chi connectivity index (χ3n) is 3.75. The number of aliphatic hydroxyl groups is 1. The topological polar surface area (TPSA) is 63.6 Å². The number of carbonyl (C=O) groups excluding carboxylic acids is 1. The molecular weight excluding hydrogens is 275 g/mol. The van der Waals surface area contributed by atoms with Crippen LogP contribution in [0.3, 0.4) is 0 Å². The van der Waals surface area contributed by atoms with Crippen LogP contribution in [-0.2, 0) is 13.9 Å². The van der Waals surface area contributed by atoms with E-state index in [4.69, 9.17) is 4.52 Å². The minimum absolute atomic E-state index is 0.000362. The average molecular weight is 296 g/mol. The monoisotopic (exact) mass is 296 g/mol. The molecule has 5 heteroatoms. The van der Waals surface area contributed by atoms with Gasteiger partial charge in [-0.3, -0.25) is 9.36 Å². The first-order valence-corrected chi connectivity index (χ1v) is 8.79. The van der Waals surface area contributed by atoms with Crippen molar-refractivity contribution in [3.8, 4) is 0 Å². The summed E-state index contributed by atoms with van der Waals surface area (Å²) < 4.78 is 18.6. The van der Waals surface area contributed by atoms with Crippen molar-refractivity contribution in [2.24, 2.45) is 5.92 Å². The predicted molar refractivity (Wildman–Crippen MR) is 78.3 cm³/mol. The minimum Gasteiger partial charge on any atom is -0.382 e. The standard InChI is InChI=1S/C15H21O4P/c1-2-19-20(18,12-8-4-3-5-9-12)15(17)13-10-6-7-11-14(13)16/h3-5,8-9,13,15,17H,2,6-7,10-11H2,1H3/t13-,15-,20+/m0/s1. The summed E-state index contributed by atoms with van der Waals surface area (Å²) in [6.07, 6.45) is 2.78. The van der Waals surface area contributed by atoms with Gasteiger partial charge in [-0.05, 0) is 31.9 Å². The molecule has 0 radical (unpaired) electrons. The number of hydrogen-bond acceptors (Lipinski definition) is 4. The Morgan fingerprint density at radius 3 is 2.65 bits per heavy atom. The van der Waals surface area contributed by atoms with Crippen molar-refractivity contribution in [1.29, 1.82) is 0 Å². The highest BCUT2D eigenvalue weighted by Gasteiger charge is 2.43. The SMILES string of the molecule is CCO[P@](=O)(c1ccccc1)[C@H](O)[C@H]1CCCCC1=O. The van der Waals surface area contributed by atoms with Gasteiger partial charge in [0.2, 0.25) is 0 Å². The van der Waals surface area contributed by atoms with E-state index in [1.807, 2.05) is 6.07 Å². The maximum absolute atomic E-state index is 13.1. The zero-order chi connectivity index (χ0) is 14.6. The van der Waals surface area contributed by atoms with Gasteiger partial charge in [-0.15, -0.1) is 0 Å². The van der Waals surface area contributed by atoms with Crippen molar-refractivity contribution >= 4 is 18.5 Å². The third kappa shape index (κ3) is 3.03. The van der Waals surface area contributed by atoms with Crippen LogP contribution in [0.2, 0.25) is 0 Å². The maximum atomic E-state index is 13.1. The molecule has 20 heavy (non-hydrogen) atoms. The molecule has 1 aliphatic carbocycles. The fourth-order valence-corrected chi connectivity index (χ4v) is 5.06.